The number of rotatable bonds is 1. The summed E-state index contributed by atoms with van der Waals surface area (Å²) in [6, 6.07) is 3.13. The number of aromatic amines is 1. The quantitative estimate of drug-likeness (QED) is 0.736. The van der Waals surface area contributed by atoms with Gasteiger partial charge in [0.25, 0.3) is 0 Å². The number of H-pyrrole nitrogens is 1. The smallest absolute Gasteiger partial charge is 0.162 e. The maximum absolute atomic E-state index is 9.43. The number of benzene rings is 1. The average molecular weight is 199 g/mol. The van der Waals surface area contributed by atoms with Gasteiger partial charge >= 0.3 is 0 Å². The van der Waals surface area contributed by atoms with Crippen molar-refractivity contribution >= 4 is 22.5 Å². The number of ether oxygens (including phenoxy) is 1. The third kappa shape index (κ3) is 1.19. The van der Waals surface area contributed by atoms with Crippen molar-refractivity contribution in [3.63, 3.8) is 0 Å². The SMILES string of the molecule is COc1cc2n[nH]c(Cl)c2cc1O. The van der Waals surface area contributed by atoms with Crippen LogP contribution in [0.2, 0.25) is 5.15 Å². The fraction of sp³-hybridized carbons (Fsp3) is 0.125. The fourth-order valence-corrected chi connectivity index (χ4v) is 1.35. The van der Waals surface area contributed by atoms with Gasteiger partial charge in [0.05, 0.1) is 12.6 Å². The van der Waals surface area contributed by atoms with E-state index in [1.165, 1.54) is 13.2 Å². The number of aromatic nitrogens is 2. The Hall–Kier alpha value is -1.42. The lowest BCUT2D eigenvalue weighted by Gasteiger charge is -2.01. The van der Waals surface area contributed by atoms with E-state index in [0.717, 1.165) is 0 Å². The molecule has 0 atom stereocenters. The first kappa shape index (κ1) is 8.19. The Morgan fingerprint density at radius 1 is 1.54 bits per heavy atom. The molecular formula is C8H7ClN2O2. The summed E-state index contributed by atoms with van der Waals surface area (Å²) >= 11 is 5.77. The second-order valence-electron chi connectivity index (χ2n) is 2.58. The first-order valence-corrected chi connectivity index (χ1v) is 4.00. The molecule has 0 aliphatic rings. The first-order chi connectivity index (χ1) is 6.22. The zero-order valence-electron chi connectivity index (χ0n) is 6.84. The van der Waals surface area contributed by atoms with Crippen molar-refractivity contribution in [3.8, 4) is 11.5 Å². The van der Waals surface area contributed by atoms with Crippen LogP contribution in [0, 0.1) is 0 Å². The Balaban J connectivity index is 2.76. The molecule has 1 heterocycles. The largest absolute Gasteiger partial charge is 0.504 e. The Morgan fingerprint density at radius 3 is 3.00 bits per heavy atom. The first-order valence-electron chi connectivity index (χ1n) is 3.63. The predicted octanol–water partition coefficient (Wildman–Crippen LogP) is 1.93. The van der Waals surface area contributed by atoms with Crippen LogP contribution in [-0.2, 0) is 0 Å². The molecular weight excluding hydrogens is 192 g/mol. The molecule has 0 unspecified atom stereocenters. The minimum atomic E-state index is 0.0540. The lowest BCUT2D eigenvalue weighted by Crippen LogP contribution is -1.83. The van der Waals surface area contributed by atoms with Crippen LogP contribution in [0.5, 0.6) is 11.5 Å². The molecule has 5 heteroatoms. The van der Waals surface area contributed by atoms with Crippen molar-refractivity contribution in [2.24, 2.45) is 0 Å². The molecule has 0 aliphatic heterocycles. The molecule has 68 valence electrons. The number of methoxy groups -OCH3 is 1. The number of aromatic hydroxyl groups is 1. The van der Waals surface area contributed by atoms with E-state index in [-0.39, 0.29) is 5.75 Å². The number of hydrogen-bond donors (Lipinski definition) is 2. The molecule has 0 radical (unpaired) electrons. The second-order valence-corrected chi connectivity index (χ2v) is 2.96. The van der Waals surface area contributed by atoms with Crippen LogP contribution in [-0.4, -0.2) is 22.4 Å². The monoisotopic (exact) mass is 198 g/mol. The van der Waals surface area contributed by atoms with Gasteiger partial charge in [0, 0.05) is 11.5 Å². The average Bonchev–Trinajstić information content (AvgIpc) is 2.47. The lowest BCUT2D eigenvalue weighted by atomic mass is 10.2. The van der Waals surface area contributed by atoms with Crippen LogP contribution >= 0.6 is 11.6 Å². The number of hydrogen-bond acceptors (Lipinski definition) is 3. The summed E-state index contributed by atoms with van der Waals surface area (Å²) in [5.41, 5.74) is 0.666. The lowest BCUT2D eigenvalue weighted by molar-refractivity contribution is 0.374. The fourth-order valence-electron chi connectivity index (χ4n) is 1.16. The highest BCUT2D eigenvalue weighted by Crippen LogP contribution is 2.32. The summed E-state index contributed by atoms with van der Waals surface area (Å²) in [5.74, 6) is 0.439. The van der Waals surface area contributed by atoms with E-state index in [2.05, 4.69) is 10.2 Å². The van der Waals surface area contributed by atoms with Crippen molar-refractivity contribution in [3.05, 3.63) is 17.3 Å². The normalized spacial score (nSPS) is 10.6. The van der Waals surface area contributed by atoms with Gasteiger partial charge in [0.15, 0.2) is 11.5 Å². The van der Waals surface area contributed by atoms with Gasteiger partial charge in [0.1, 0.15) is 5.15 Å². The Morgan fingerprint density at radius 2 is 2.31 bits per heavy atom. The van der Waals surface area contributed by atoms with Crippen LogP contribution in [0.1, 0.15) is 0 Å². The number of fused-ring (bicyclic) bond motifs is 1. The molecule has 2 N–H and O–H groups in total. The van der Waals surface area contributed by atoms with Gasteiger partial charge in [-0.2, -0.15) is 5.10 Å². The predicted molar refractivity (Wildman–Crippen MR) is 49.3 cm³/mol. The van der Waals surface area contributed by atoms with E-state index in [1.807, 2.05) is 0 Å². The summed E-state index contributed by atoms with van der Waals surface area (Å²) in [7, 11) is 1.48. The summed E-state index contributed by atoms with van der Waals surface area (Å²) < 4.78 is 4.92. The number of phenolic OH excluding ortho intramolecular Hbond substituents is 1. The highest BCUT2D eigenvalue weighted by atomic mass is 35.5. The van der Waals surface area contributed by atoms with Crippen molar-refractivity contribution in [2.75, 3.05) is 7.11 Å². The summed E-state index contributed by atoms with van der Waals surface area (Å²) in [4.78, 5) is 0. The van der Waals surface area contributed by atoms with Gasteiger partial charge in [-0.25, -0.2) is 0 Å². The minimum absolute atomic E-state index is 0.0540. The standard InChI is InChI=1S/C8H7ClN2O2/c1-13-7-3-5-4(2-6(7)12)8(9)11-10-5/h2-3,12H,1H3,(H,10,11). The number of phenols is 1. The van der Waals surface area contributed by atoms with E-state index in [1.54, 1.807) is 6.07 Å². The van der Waals surface area contributed by atoms with E-state index in [4.69, 9.17) is 16.3 Å². The third-order valence-electron chi connectivity index (χ3n) is 1.81. The maximum Gasteiger partial charge on any atom is 0.162 e. The Bertz CT molecular complexity index is 453. The molecule has 2 aromatic rings. The maximum atomic E-state index is 9.43. The highest BCUT2D eigenvalue weighted by Gasteiger charge is 2.08. The van der Waals surface area contributed by atoms with Crippen molar-refractivity contribution in [1.82, 2.24) is 10.2 Å². The van der Waals surface area contributed by atoms with Gasteiger partial charge in [-0.05, 0) is 6.07 Å². The molecule has 13 heavy (non-hydrogen) atoms. The molecule has 0 saturated carbocycles. The van der Waals surface area contributed by atoms with Crippen LogP contribution in [0.15, 0.2) is 12.1 Å². The third-order valence-corrected chi connectivity index (χ3v) is 2.10. The molecule has 0 fully saturated rings. The zero-order chi connectivity index (χ0) is 9.42. The summed E-state index contributed by atoms with van der Waals surface area (Å²) in [5, 5.41) is 17.0. The van der Waals surface area contributed by atoms with E-state index in [0.29, 0.717) is 21.8 Å². The van der Waals surface area contributed by atoms with E-state index in [9.17, 15) is 5.11 Å². The summed E-state index contributed by atoms with van der Waals surface area (Å²) in [6.45, 7) is 0. The van der Waals surface area contributed by atoms with Gasteiger partial charge < -0.3 is 9.84 Å². The molecule has 0 saturated heterocycles. The van der Waals surface area contributed by atoms with Gasteiger partial charge in [-0.1, -0.05) is 11.6 Å². The van der Waals surface area contributed by atoms with Crippen LogP contribution in [0.3, 0.4) is 0 Å². The molecule has 1 aromatic carbocycles. The van der Waals surface area contributed by atoms with Gasteiger partial charge in [0.2, 0.25) is 0 Å². The molecule has 0 bridgehead atoms. The van der Waals surface area contributed by atoms with E-state index < -0.39 is 0 Å². The number of halogens is 1. The van der Waals surface area contributed by atoms with Crippen LogP contribution in [0.25, 0.3) is 10.9 Å². The Kier molecular flexibility index (Phi) is 1.77. The van der Waals surface area contributed by atoms with Crippen LogP contribution in [0.4, 0.5) is 0 Å². The van der Waals surface area contributed by atoms with E-state index >= 15 is 0 Å². The van der Waals surface area contributed by atoms with Crippen molar-refractivity contribution < 1.29 is 9.84 Å². The molecule has 0 amide bonds. The second kappa shape index (κ2) is 2.81. The number of nitrogens with zero attached hydrogens (tertiary/aromatic N) is 1. The summed E-state index contributed by atoms with van der Waals surface area (Å²) in [6.07, 6.45) is 0. The molecule has 0 aliphatic carbocycles. The minimum Gasteiger partial charge on any atom is -0.504 e. The zero-order valence-corrected chi connectivity index (χ0v) is 7.59. The molecule has 4 nitrogen and oxygen atoms in total. The van der Waals surface area contributed by atoms with Gasteiger partial charge in [-0.3, -0.25) is 5.10 Å². The molecule has 2 rings (SSSR count). The van der Waals surface area contributed by atoms with Gasteiger partial charge in [-0.15, -0.1) is 0 Å². The highest BCUT2D eigenvalue weighted by molar-refractivity contribution is 6.34. The topological polar surface area (TPSA) is 58.1 Å². The molecule has 0 spiro atoms. The van der Waals surface area contributed by atoms with Crippen molar-refractivity contribution in [1.29, 1.82) is 0 Å². The molecule has 1 aromatic heterocycles. The Labute approximate surface area is 79.1 Å². The van der Waals surface area contributed by atoms with Crippen molar-refractivity contribution in [2.45, 2.75) is 0 Å². The van der Waals surface area contributed by atoms with Crippen LogP contribution < -0.4 is 4.74 Å². The number of nitrogens with one attached hydrogen (secondary N) is 1.